The van der Waals surface area contributed by atoms with Gasteiger partial charge >= 0.3 is 0 Å². The number of rotatable bonds is 4. The van der Waals surface area contributed by atoms with Crippen LogP contribution in [-0.4, -0.2) is 34.4 Å². The SMILES string of the molecule is O=C(Nc1cc(Cl)ccc1C(=O)N1CCCCC1)c1ccc(-n2cccc2)cc1. The Morgan fingerprint density at radius 1 is 0.897 bits per heavy atom. The van der Waals surface area contributed by atoms with E-state index >= 15 is 0 Å². The maximum atomic E-state index is 13.0. The lowest BCUT2D eigenvalue weighted by Crippen LogP contribution is -2.36. The predicted octanol–water partition coefficient (Wildman–Crippen LogP) is 5.01. The van der Waals surface area contributed by atoms with Crippen molar-refractivity contribution in [2.24, 2.45) is 0 Å². The highest BCUT2D eigenvalue weighted by molar-refractivity contribution is 6.31. The van der Waals surface area contributed by atoms with E-state index in [0.29, 0.717) is 21.8 Å². The molecule has 1 saturated heterocycles. The van der Waals surface area contributed by atoms with Crippen molar-refractivity contribution < 1.29 is 9.59 Å². The molecule has 1 aliphatic heterocycles. The van der Waals surface area contributed by atoms with Crippen molar-refractivity contribution in [3.8, 4) is 5.69 Å². The Labute approximate surface area is 174 Å². The third-order valence-corrected chi connectivity index (χ3v) is 5.37. The number of likely N-dealkylation sites (tertiary alicyclic amines) is 1. The lowest BCUT2D eigenvalue weighted by molar-refractivity contribution is 0.0725. The Balaban J connectivity index is 1.54. The van der Waals surface area contributed by atoms with Crippen LogP contribution in [0, 0.1) is 0 Å². The molecule has 0 spiro atoms. The van der Waals surface area contributed by atoms with Crippen molar-refractivity contribution in [1.29, 1.82) is 0 Å². The molecule has 4 rings (SSSR count). The van der Waals surface area contributed by atoms with Gasteiger partial charge in [-0.1, -0.05) is 11.6 Å². The summed E-state index contributed by atoms with van der Waals surface area (Å²) in [5.41, 5.74) is 2.38. The average molecular weight is 408 g/mol. The monoisotopic (exact) mass is 407 g/mol. The molecule has 0 saturated carbocycles. The minimum Gasteiger partial charge on any atom is -0.339 e. The molecule has 0 aliphatic carbocycles. The Morgan fingerprint density at radius 2 is 1.59 bits per heavy atom. The molecular formula is C23H22ClN3O2. The van der Waals surface area contributed by atoms with Crippen molar-refractivity contribution >= 4 is 29.1 Å². The van der Waals surface area contributed by atoms with Crippen LogP contribution in [0.4, 0.5) is 5.69 Å². The summed E-state index contributed by atoms with van der Waals surface area (Å²) in [7, 11) is 0. The number of nitrogens with zero attached hydrogens (tertiary/aromatic N) is 2. The van der Waals surface area contributed by atoms with E-state index in [2.05, 4.69) is 5.32 Å². The van der Waals surface area contributed by atoms with Gasteiger partial charge in [-0.15, -0.1) is 0 Å². The minimum absolute atomic E-state index is 0.0698. The molecule has 5 nitrogen and oxygen atoms in total. The minimum atomic E-state index is -0.279. The van der Waals surface area contributed by atoms with Crippen LogP contribution in [-0.2, 0) is 0 Å². The Morgan fingerprint density at radius 3 is 2.28 bits per heavy atom. The van der Waals surface area contributed by atoms with Crippen LogP contribution in [0.15, 0.2) is 67.0 Å². The van der Waals surface area contributed by atoms with Crippen LogP contribution in [0.25, 0.3) is 5.69 Å². The van der Waals surface area contributed by atoms with Gasteiger partial charge in [-0.2, -0.15) is 0 Å². The highest BCUT2D eigenvalue weighted by Gasteiger charge is 2.22. The number of benzene rings is 2. The number of halogens is 1. The zero-order valence-electron chi connectivity index (χ0n) is 16.0. The van der Waals surface area contributed by atoms with Crippen molar-refractivity contribution in [1.82, 2.24) is 9.47 Å². The molecule has 148 valence electrons. The second-order valence-electron chi connectivity index (χ2n) is 7.13. The first-order valence-corrected chi connectivity index (χ1v) is 10.1. The van der Waals surface area contributed by atoms with E-state index in [1.807, 2.05) is 46.1 Å². The summed E-state index contributed by atoms with van der Waals surface area (Å²) in [6, 6.07) is 16.2. The predicted molar refractivity (Wildman–Crippen MR) is 115 cm³/mol. The standard InChI is InChI=1S/C23H22ClN3O2/c24-18-8-11-20(23(29)27-14-2-1-3-15-27)21(16-18)25-22(28)17-6-9-19(10-7-17)26-12-4-5-13-26/h4-13,16H,1-3,14-15H2,(H,25,28). The van der Waals surface area contributed by atoms with Gasteiger partial charge in [0.15, 0.2) is 0 Å². The summed E-state index contributed by atoms with van der Waals surface area (Å²) in [6.07, 6.45) is 7.05. The van der Waals surface area contributed by atoms with E-state index in [0.717, 1.165) is 38.0 Å². The van der Waals surface area contributed by atoms with Crippen LogP contribution in [0.5, 0.6) is 0 Å². The fraction of sp³-hybridized carbons (Fsp3) is 0.217. The molecule has 3 aromatic rings. The quantitative estimate of drug-likeness (QED) is 0.661. The van der Waals surface area contributed by atoms with Crippen molar-refractivity contribution in [3.63, 3.8) is 0 Å². The molecule has 0 bridgehead atoms. The second-order valence-corrected chi connectivity index (χ2v) is 7.57. The van der Waals surface area contributed by atoms with Crippen LogP contribution >= 0.6 is 11.6 Å². The first-order chi connectivity index (χ1) is 14.1. The third-order valence-electron chi connectivity index (χ3n) is 5.14. The number of carbonyl (C=O) groups is 2. The van der Waals surface area contributed by atoms with E-state index in [1.54, 1.807) is 30.3 Å². The van der Waals surface area contributed by atoms with E-state index in [1.165, 1.54) is 0 Å². The van der Waals surface area contributed by atoms with E-state index in [4.69, 9.17) is 11.6 Å². The first-order valence-electron chi connectivity index (χ1n) is 9.75. The highest BCUT2D eigenvalue weighted by Crippen LogP contribution is 2.25. The number of hydrogen-bond acceptors (Lipinski definition) is 2. The lowest BCUT2D eigenvalue weighted by Gasteiger charge is -2.27. The number of carbonyl (C=O) groups excluding carboxylic acids is 2. The van der Waals surface area contributed by atoms with Crippen molar-refractivity contribution in [2.45, 2.75) is 19.3 Å². The number of anilines is 1. The van der Waals surface area contributed by atoms with Gasteiger partial charge in [-0.05, 0) is 73.9 Å². The van der Waals surface area contributed by atoms with Gasteiger partial charge in [0.05, 0.1) is 11.3 Å². The fourth-order valence-corrected chi connectivity index (χ4v) is 3.73. The highest BCUT2D eigenvalue weighted by atomic mass is 35.5. The first kappa shape index (κ1) is 19.3. The fourth-order valence-electron chi connectivity index (χ4n) is 3.56. The Kier molecular flexibility index (Phi) is 5.67. The largest absolute Gasteiger partial charge is 0.339 e. The van der Waals surface area contributed by atoms with E-state index in [-0.39, 0.29) is 11.8 Å². The number of hydrogen-bond donors (Lipinski definition) is 1. The normalized spacial score (nSPS) is 13.9. The maximum Gasteiger partial charge on any atom is 0.255 e. The Hall–Kier alpha value is -3.05. The second kappa shape index (κ2) is 8.53. The van der Waals surface area contributed by atoms with Gasteiger partial charge in [-0.25, -0.2) is 0 Å². The van der Waals surface area contributed by atoms with E-state index in [9.17, 15) is 9.59 Å². The van der Waals surface area contributed by atoms with Crippen LogP contribution in [0.1, 0.15) is 40.0 Å². The molecule has 0 radical (unpaired) electrons. The van der Waals surface area contributed by atoms with Gasteiger partial charge < -0.3 is 14.8 Å². The Bertz CT molecular complexity index is 1010. The molecule has 1 fully saturated rings. The molecule has 1 aromatic heterocycles. The molecule has 2 aromatic carbocycles. The number of piperidine rings is 1. The molecular weight excluding hydrogens is 386 g/mol. The molecule has 1 N–H and O–H groups in total. The summed E-state index contributed by atoms with van der Waals surface area (Å²) in [5.74, 6) is -0.348. The van der Waals surface area contributed by atoms with Crippen LogP contribution in [0.2, 0.25) is 5.02 Å². The van der Waals surface area contributed by atoms with Gasteiger partial charge in [-0.3, -0.25) is 9.59 Å². The van der Waals surface area contributed by atoms with Gasteiger partial charge in [0.2, 0.25) is 0 Å². The molecule has 2 amide bonds. The topological polar surface area (TPSA) is 54.3 Å². The van der Waals surface area contributed by atoms with E-state index < -0.39 is 0 Å². The molecule has 1 aliphatic rings. The molecule has 0 atom stereocenters. The van der Waals surface area contributed by atoms with Crippen molar-refractivity contribution in [3.05, 3.63) is 83.1 Å². The van der Waals surface area contributed by atoms with Gasteiger partial charge in [0, 0.05) is 41.8 Å². The molecule has 2 heterocycles. The summed E-state index contributed by atoms with van der Waals surface area (Å²) >= 11 is 6.14. The van der Waals surface area contributed by atoms with Crippen LogP contribution in [0.3, 0.4) is 0 Å². The molecule has 6 heteroatoms. The zero-order valence-corrected chi connectivity index (χ0v) is 16.7. The number of amides is 2. The summed E-state index contributed by atoms with van der Waals surface area (Å²) < 4.78 is 1.97. The average Bonchev–Trinajstić information content (AvgIpc) is 3.29. The summed E-state index contributed by atoms with van der Waals surface area (Å²) in [6.45, 7) is 1.49. The lowest BCUT2D eigenvalue weighted by atomic mass is 10.1. The number of nitrogens with one attached hydrogen (secondary N) is 1. The summed E-state index contributed by atoms with van der Waals surface area (Å²) in [5, 5.41) is 3.33. The smallest absolute Gasteiger partial charge is 0.255 e. The number of aromatic nitrogens is 1. The van der Waals surface area contributed by atoms with Crippen LogP contribution < -0.4 is 5.32 Å². The molecule has 0 unspecified atom stereocenters. The zero-order chi connectivity index (χ0) is 20.2. The van der Waals surface area contributed by atoms with Gasteiger partial charge in [0.25, 0.3) is 11.8 Å². The van der Waals surface area contributed by atoms with Gasteiger partial charge in [0.1, 0.15) is 0 Å². The maximum absolute atomic E-state index is 13.0. The third kappa shape index (κ3) is 4.35. The van der Waals surface area contributed by atoms with Crippen molar-refractivity contribution in [2.75, 3.05) is 18.4 Å². The summed E-state index contributed by atoms with van der Waals surface area (Å²) in [4.78, 5) is 27.6. The molecule has 29 heavy (non-hydrogen) atoms.